The molecule has 2 N–H and O–H groups in total. The van der Waals surface area contributed by atoms with E-state index >= 15 is 0 Å². The minimum atomic E-state index is -6.34. The van der Waals surface area contributed by atoms with Crippen LogP contribution in [0, 0.1) is 5.82 Å². The lowest BCUT2D eigenvalue weighted by molar-refractivity contribution is -0.348. The molecule has 0 unspecified atom stereocenters. The number of hydrogen-bond acceptors (Lipinski definition) is 3. The van der Waals surface area contributed by atoms with Gasteiger partial charge in [-0.3, -0.25) is 0 Å². The number of benzene rings is 2. The molecule has 0 aromatic heterocycles. The van der Waals surface area contributed by atoms with E-state index in [1.165, 1.54) is 0 Å². The van der Waals surface area contributed by atoms with E-state index in [4.69, 9.17) is 5.11 Å². The third kappa shape index (κ3) is 4.62. The van der Waals surface area contributed by atoms with Gasteiger partial charge < -0.3 is 10.4 Å². The van der Waals surface area contributed by atoms with E-state index in [1.54, 1.807) is 0 Å². The minimum Gasteiger partial charge on any atom is -0.465 e. The molecule has 198 valence electrons. The number of rotatable bonds is 5. The van der Waals surface area contributed by atoms with Crippen LogP contribution in [0.4, 0.5) is 39.9 Å². The van der Waals surface area contributed by atoms with Crippen LogP contribution in [0.5, 0.6) is 0 Å². The molecule has 1 amide bonds. The van der Waals surface area contributed by atoms with E-state index in [1.807, 2.05) is 0 Å². The number of hydrogen-bond donors (Lipinski definition) is 2. The van der Waals surface area contributed by atoms with E-state index in [0.717, 1.165) is 24.3 Å². The van der Waals surface area contributed by atoms with Crippen LogP contribution >= 0.6 is 0 Å². The summed E-state index contributed by atoms with van der Waals surface area (Å²) in [6, 6.07) is 4.84. The fourth-order valence-electron chi connectivity index (χ4n) is 4.45. The van der Waals surface area contributed by atoms with Gasteiger partial charge in [0.15, 0.2) is 9.84 Å². The molecule has 1 fully saturated rings. The quantitative estimate of drug-likeness (QED) is 0.357. The molecule has 2 aromatic carbocycles. The van der Waals surface area contributed by atoms with Crippen LogP contribution < -0.4 is 5.32 Å². The Kier molecular flexibility index (Phi) is 7.07. The van der Waals surface area contributed by atoms with E-state index in [9.17, 15) is 48.3 Å². The zero-order valence-corrected chi connectivity index (χ0v) is 18.9. The monoisotopic (exact) mass is 545 g/mol. The number of alkyl halides is 7. The molecule has 1 saturated carbocycles. The Labute approximate surface area is 200 Å². The van der Waals surface area contributed by atoms with Crippen molar-refractivity contribution in [3.05, 3.63) is 65.5 Å². The maximum Gasteiger partial charge on any atom is 0.435 e. The molecule has 14 heteroatoms. The lowest BCUT2D eigenvalue weighted by Gasteiger charge is -2.40. The Balaban J connectivity index is 2.13. The van der Waals surface area contributed by atoms with Crippen molar-refractivity contribution in [1.82, 2.24) is 5.32 Å². The summed E-state index contributed by atoms with van der Waals surface area (Å²) in [6.07, 6.45) is -14.7. The van der Waals surface area contributed by atoms with Crippen molar-refractivity contribution in [3.8, 4) is 0 Å². The van der Waals surface area contributed by atoms with Crippen LogP contribution in [-0.4, -0.2) is 38.0 Å². The first kappa shape index (κ1) is 27.7. The topological polar surface area (TPSA) is 83.5 Å². The highest BCUT2D eigenvalue weighted by molar-refractivity contribution is 7.92. The number of nitrogens with one attached hydrogen (secondary N) is 1. The van der Waals surface area contributed by atoms with Crippen LogP contribution in [0.25, 0.3) is 0 Å². The predicted molar refractivity (Wildman–Crippen MR) is 110 cm³/mol. The Morgan fingerprint density at radius 2 is 1.33 bits per heavy atom. The van der Waals surface area contributed by atoms with E-state index in [2.05, 4.69) is 5.32 Å². The summed E-state index contributed by atoms with van der Waals surface area (Å²) in [5, 5.41) is 11.1. The highest BCUT2D eigenvalue weighted by Crippen LogP contribution is 2.54. The summed E-state index contributed by atoms with van der Waals surface area (Å²) in [4.78, 5) is 10.6. The predicted octanol–water partition coefficient (Wildman–Crippen LogP) is 5.99. The molecule has 2 aromatic rings. The maximum absolute atomic E-state index is 14.4. The van der Waals surface area contributed by atoms with Gasteiger partial charge in [0.1, 0.15) is 10.6 Å². The van der Waals surface area contributed by atoms with Crippen molar-refractivity contribution in [3.63, 3.8) is 0 Å². The third-order valence-electron chi connectivity index (χ3n) is 6.35. The van der Waals surface area contributed by atoms with Gasteiger partial charge >= 0.3 is 24.1 Å². The molecule has 0 spiro atoms. The lowest BCUT2D eigenvalue weighted by Crippen LogP contribution is -2.50. The van der Waals surface area contributed by atoms with Crippen molar-refractivity contribution in [2.45, 2.75) is 59.4 Å². The largest absolute Gasteiger partial charge is 0.465 e. The van der Waals surface area contributed by atoms with Gasteiger partial charge in [-0.1, -0.05) is 24.3 Å². The molecule has 36 heavy (non-hydrogen) atoms. The Morgan fingerprint density at radius 3 is 1.75 bits per heavy atom. The van der Waals surface area contributed by atoms with E-state index in [-0.39, 0.29) is 48.3 Å². The first-order chi connectivity index (χ1) is 16.5. The summed E-state index contributed by atoms with van der Waals surface area (Å²) in [7, 11) is -4.43. The van der Waals surface area contributed by atoms with Gasteiger partial charge in [-0.25, -0.2) is 22.0 Å². The second-order valence-corrected chi connectivity index (χ2v) is 10.7. The standard InChI is InChI=1S/C22H19F8NO4S/c23-15-5-7-17(8-6-15)36(34,35)19(11-9-16(10-12-19)31-18(32)33)13-1-3-14(4-2-13)20(24,21(25,26)27)22(28,29)30/h1-8,16,31H,9-12H2,(H,32,33). The fourth-order valence-corrected chi connectivity index (χ4v) is 6.61. The SMILES string of the molecule is O=C(O)NC1CCC(c2ccc(C(F)(C(F)(F)F)C(F)(F)F)cc2)(S(=O)(=O)c2ccc(F)cc2)CC1. The second kappa shape index (κ2) is 9.20. The van der Waals surface area contributed by atoms with Gasteiger partial charge in [-0.15, -0.1) is 0 Å². The molecule has 0 aliphatic heterocycles. The number of halogens is 8. The van der Waals surface area contributed by atoms with Crippen LogP contribution in [0.3, 0.4) is 0 Å². The number of carbonyl (C=O) groups is 1. The van der Waals surface area contributed by atoms with Gasteiger partial charge in [0.2, 0.25) is 0 Å². The molecular weight excluding hydrogens is 526 g/mol. The number of sulfone groups is 1. The average molecular weight is 545 g/mol. The third-order valence-corrected chi connectivity index (χ3v) is 8.91. The molecular formula is C22H19F8NO4S. The first-order valence-electron chi connectivity index (χ1n) is 10.4. The summed E-state index contributed by atoms with van der Waals surface area (Å²) >= 11 is 0. The van der Waals surface area contributed by atoms with Crippen LogP contribution in [0.1, 0.15) is 36.8 Å². The van der Waals surface area contributed by atoms with Crippen molar-refractivity contribution in [2.75, 3.05) is 0 Å². The summed E-state index contributed by atoms with van der Waals surface area (Å²) in [6.45, 7) is 0. The van der Waals surface area contributed by atoms with Gasteiger partial charge in [0.05, 0.1) is 4.90 Å². The van der Waals surface area contributed by atoms with Gasteiger partial charge in [0.25, 0.3) is 0 Å². The summed E-state index contributed by atoms with van der Waals surface area (Å²) < 4.78 is 132. The zero-order chi connectivity index (χ0) is 27.2. The summed E-state index contributed by atoms with van der Waals surface area (Å²) in [5.74, 6) is -0.750. The Bertz CT molecular complexity index is 1190. The molecule has 0 heterocycles. The molecule has 0 atom stereocenters. The lowest BCUT2D eigenvalue weighted by atomic mass is 9.80. The number of carboxylic acid groups (broad SMARTS) is 1. The highest BCUT2D eigenvalue weighted by Gasteiger charge is 2.73. The van der Waals surface area contributed by atoms with Crippen molar-refractivity contribution in [1.29, 1.82) is 0 Å². The number of amides is 1. The molecule has 1 aliphatic carbocycles. The smallest absolute Gasteiger partial charge is 0.435 e. The minimum absolute atomic E-state index is 0.0351. The molecule has 0 bridgehead atoms. The van der Waals surface area contributed by atoms with Crippen LogP contribution in [0.15, 0.2) is 53.4 Å². The molecule has 0 saturated heterocycles. The van der Waals surface area contributed by atoms with E-state index < -0.39 is 56.1 Å². The van der Waals surface area contributed by atoms with Gasteiger partial charge in [0, 0.05) is 11.6 Å². The second-order valence-electron chi connectivity index (χ2n) is 8.41. The van der Waals surface area contributed by atoms with Crippen LogP contribution in [0.2, 0.25) is 0 Å². The molecule has 0 radical (unpaired) electrons. The van der Waals surface area contributed by atoms with Crippen molar-refractivity contribution >= 4 is 15.9 Å². The average Bonchev–Trinajstić information content (AvgIpc) is 2.77. The van der Waals surface area contributed by atoms with Crippen LogP contribution in [-0.2, 0) is 20.3 Å². The maximum atomic E-state index is 14.4. The van der Waals surface area contributed by atoms with Gasteiger partial charge in [-0.2, -0.15) is 26.3 Å². The molecule has 3 rings (SSSR count). The summed E-state index contributed by atoms with van der Waals surface area (Å²) in [5.41, 5.74) is -7.68. The van der Waals surface area contributed by atoms with Crippen molar-refractivity contribution in [2.24, 2.45) is 0 Å². The zero-order valence-electron chi connectivity index (χ0n) is 18.1. The fraction of sp³-hybridized carbons (Fsp3) is 0.409. The van der Waals surface area contributed by atoms with E-state index in [0.29, 0.717) is 12.1 Å². The van der Waals surface area contributed by atoms with Gasteiger partial charge in [-0.05, 0) is 55.5 Å². The molecule has 1 aliphatic rings. The first-order valence-corrected chi connectivity index (χ1v) is 11.9. The molecule has 5 nitrogen and oxygen atoms in total. The highest BCUT2D eigenvalue weighted by atomic mass is 32.2. The Morgan fingerprint density at radius 1 is 0.861 bits per heavy atom. The Hall–Kier alpha value is -2.90. The van der Waals surface area contributed by atoms with Crippen molar-refractivity contribution < 1.29 is 53.4 Å². The normalized spacial score (nSPS) is 21.7.